The standard InChI is InChI=1S/C87H146O17P2/c1-5-9-13-17-21-25-29-33-37-39-40-42-46-48-52-56-60-64-68-72-85(90)98-78-83(104-87(92)74-70-66-62-58-54-50-44-36-32-28-24-20-16-12-8-4)80-102-106(95,96)100-76-81(88)75-99-105(93,94)101-79-82(103-86(91)73-69-65-61-57-53-49-43-35-31-27-23-19-15-11-7-3)77-97-84(89)71-67-63-59-55-51-47-45-41-38-34-30-26-22-18-14-10-6-2/h9-10,13-14,21-23,25-27,33-35,37-38,40,42-43,45,47-48,52,55,59,81-83,88H,5-8,11-12,15-20,24,28-32,36,39,41,44,46,49-51,53-54,56-58,60-80H2,1-4H3,(H,93,94)(H,95,96)/b13-9-,14-10-,25-21-,26-22-,27-23-,37-33-,38-34-,42-40-,43-35-,47-45-,52-48-,59-55-. The molecule has 0 aromatic rings. The highest BCUT2D eigenvalue weighted by Gasteiger charge is 2.30. The summed E-state index contributed by atoms with van der Waals surface area (Å²) in [5.41, 5.74) is 0. The van der Waals surface area contributed by atoms with E-state index in [1.165, 1.54) is 83.5 Å². The Hall–Kier alpha value is -5.06. The van der Waals surface area contributed by atoms with Crippen LogP contribution in [0.2, 0.25) is 0 Å². The zero-order chi connectivity index (χ0) is 77.4. The highest BCUT2D eigenvalue weighted by molar-refractivity contribution is 7.47. The number of hydrogen-bond donors (Lipinski definition) is 3. The molecular formula is C87H146O17P2. The molecule has 5 unspecified atom stereocenters. The molecule has 0 fully saturated rings. The molecule has 606 valence electrons. The maximum atomic E-state index is 13.1. The first kappa shape index (κ1) is 101. The van der Waals surface area contributed by atoms with Crippen LogP contribution in [0, 0.1) is 0 Å². The van der Waals surface area contributed by atoms with Crippen molar-refractivity contribution in [2.45, 2.75) is 341 Å². The molecule has 0 amide bonds. The van der Waals surface area contributed by atoms with Crippen LogP contribution < -0.4 is 0 Å². The summed E-state index contributed by atoms with van der Waals surface area (Å²) in [7, 11) is -9.99. The number of unbranched alkanes of at least 4 members (excludes halogenated alkanes) is 26. The maximum Gasteiger partial charge on any atom is 0.472 e. The molecule has 0 aliphatic rings. The molecule has 0 bridgehead atoms. The topological polar surface area (TPSA) is 237 Å². The second-order valence-electron chi connectivity index (χ2n) is 27.0. The van der Waals surface area contributed by atoms with Gasteiger partial charge in [-0.3, -0.25) is 37.3 Å². The normalized spacial score (nSPS) is 14.6. The minimum Gasteiger partial charge on any atom is -0.462 e. The van der Waals surface area contributed by atoms with Crippen LogP contribution in [0.4, 0.5) is 0 Å². The van der Waals surface area contributed by atoms with Crippen LogP contribution in [0.1, 0.15) is 323 Å². The maximum absolute atomic E-state index is 13.1. The summed E-state index contributed by atoms with van der Waals surface area (Å²) in [5.74, 6) is -2.29. The second-order valence-corrected chi connectivity index (χ2v) is 29.9. The van der Waals surface area contributed by atoms with Crippen molar-refractivity contribution in [1.29, 1.82) is 0 Å². The average molecular weight is 1530 g/mol. The van der Waals surface area contributed by atoms with E-state index in [1.54, 1.807) is 0 Å². The number of esters is 4. The van der Waals surface area contributed by atoms with E-state index in [2.05, 4.69) is 161 Å². The predicted molar refractivity (Wildman–Crippen MR) is 436 cm³/mol. The van der Waals surface area contributed by atoms with E-state index >= 15 is 0 Å². The van der Waals surface area contributed by atoms with Gasteiger partial charge in [0, 0.05) is 25.7 Å². The number of aliphatic hydroxyl groups excluding tert-OH is 1. The Balaban J connectivity index is 5.45. The van der Waals surface area contributed by atoms with Gasteiger partial charge in [-0.2, -0.15) is 0 Å². The van der Waals surface area contributed by atoms with Crippen molar-refractivity contribution in [3.63, 3.8) is 0 Å². The second kappa shape index (κ2) is 78.1. The summed E-state index contributed by atoms with van der Waals surface area (Å²) in [6.45, 7) is 4.53. The van der Waals surface area contributed by atoms with Crippen LogP contribution in [0.5, 0.6) is 0 Å². The van der Waals surface area contributed by atoms with Crippen LogP contribution in [-0.2, 0) is 65.4 Å². The summed E-state index contributed by atoms with van der Waals surface area (Å²) >= 11 is 0. The lowest BCUT2D eigenvalue weighted by Crippen LogP contribution is -2.30. The number of hydrogen-bond acceptors (Lipinski definition) is 15. The summed E-state index contributed by atoms with van der Waals surface area (Å²) in [6.07, 6.45) is 89.7. The molecular weight excluding hydrogens is 1380 g/mol. The van der Waals surface area contributed by atoms with Crippen molar-refractivity contribution in [2.24, 2.45) is 0 Å². The molecule has 5 atom stereocenters. The fraction of sp³-hybridized carbons (Fsp3) is 0.678. The van der Waals surface area contributed by atoms with E-state index in [-0.39, 0.29) is 25.7 Å². The zero-order valence-electron chi connectivity index (χ0n) is 66.3. The number of allylic oxidation sites excluding steroid dienone is 24. The Morgan fingerprint density at radius 2 is 0.500 bits per heavy atom. The molecule has 0 radical (unpaired) electrons. The molecule has 0 aromatic carbocycles. The van der Waals surface area contributed by atoms with E-state index in [4.69, 9.17) is 37.0 Å². The largest absolute Gasteiger partial charge is 0.472 e. The number of carbonyl (C=O) groups is 4. The van der Waals surface area contributed by atoms with Gasteiger partial charge in [0.25, 0.3) is 0 Å². The van der Waals surface area contributed by atoms with Crippen molar-refractivity contribution in [1.82, 2.24) is 0 Å². The van der Waals surface area contributed by atoms with Gasteiger partial charge in [-0.25, -0.2) is 9.13 Å². The first-order chi connectivity index (χ1) is 51.7. The zero-order valence-corrected chi connectivity index (χ0v) is 68.1. The summed E-state index contributed by atoms with van der Waals surface area (Å²) in [5, 5.41) is 10.7. The van der Waals surface area contributed by atoms with Crippen molar-refractivity contribution < 1.29 is 80.2 Å². The van der Waals surface area contributed by atoms with Crippen molar-refractivity contribution >= 4 is 39.5 Å². The summed E-state index contributed by atoms with van der Waals surface area (Å²) in [4.78, 5) is 73.1. The Labute approximate surface area is 643 Å². The molecule has 3 N–H and O–H groups in total. The van der Waals surface area contributed by atoms with Gasteiger partial charge in [0.2, 0.25) is 0 Å². The third-order valence-corrected chi connectivity index (χ3v) is 18.7. The molecule has 0 aliphatic carbocycles. The van der Waals surface area contributed by atoms with Crippen LogP contribution in [0.3, 0.4) is 0 Å². The number of carbonyl (C=O) groups excluding carboxylic acids is 4. The number of rotatable bonds is 76. The van der Waals surface area contributed by atoms with Crippen molar-refractivity contribution in [3.05, 3.63) is 146 Å². The number of phosphoric acid groups is 2. The molecule has 106 heavy (non-hydrogen) atoms. The Morgan fingerprint density at radius 1 is 0.274 bits per heavy atom. The lowest BCUT2D eigenvalue weighted by Gasteiger charge is -2.21. The fourth-order valence-corrected chi connectivity index (χ4v) is 12.2. The smallest absolute Gasteiger partial charge is 0.462 e. The summed E-state index contributed by atoms with van der Waals surface area (Å²) < 4.78 is 68.6. The highest BCUT2D eigenvalue weighted by Crippen LogP contribution is 2.45. The molecule has 0 saturated heterocycles. The minimum absolute atomic E-state index is 0.0627. The predicted octanol–water partition coefficient (Wildman–Crippen LogP) is 24.2. The van der Waals surface area contributed by atoms with E-state index in [9.17, 15) is 43.2 Å². The first-order valence-electron chi connectivity index (χ1n) is 41.1. The van der Waals surface area contributed by atoms with Gasteiger partial charge in [-0.1, -0.05) is 302 Å². The van der Waals surface area contributed by atoms with Gasteiger partial charge in [0.1, 0.15) is 19.3 Å². The molecule has 0 aliphatic heterocycles. The van der Waals surface area contributed by atoms with Crippen molar-refractivity contribution in [3.8, 4) is 0 Å². The number of aliphatic hydroxyl groups is 1. The quantitative estimate of drug-likeness (QED) is 0.0169. The van der Waals surface area contributed by atoms with Crippen LogP contribution in [0.15, 0.2) is 146 Å². The average Bonchev–Trinajstić information content (AvgIpc) is 0.909. The SMILES string of the molecule is CC/C=C\C/C=C\C/C=C\C/C=C\C/C=C\CCCCCC(=O)OCC(COP(=O)(O)OCC(O)COP(=O)(O)OCC(COC(=O)CCC/C=C\C/C=C\C/C=C\C/C=C\C/C=C\CC)OC(=O)CCCCCCC/C=C\C/C=C\CCCCC)OC(=O)CCCCCCCCCCCCCCCCC. The van der Waals surface area contributed by atoms with Gasteiger partial charge < -0.3 is 33.8 Å². The molecule has 0 rings (SSSR count). The Kier molecular flexibility index (Phi) is 74.3. The summed E-state index contributed by atoms with van der Waals surface area (Å²) in [6, 6.07) is 0. The van der Waals surface area contributed by atoms with Gasteiger partial charge in [-0.15, -0.1) is 0 Å². The minimum atomic E-state index is -5.00. The van der Waals surface area contributed by atoms with Crippen LogP contribution in [0.25, 0.3) is 0 Å². The molecule has 17 nitrogen and oxygen atoms in total. The lowest BCUT2D eigenvalue weighted by atomic mass is 10.0. The molecule has 19 heteroatoms. The van der Waals surface area contributed by atoms with Crippen molar-refractivity contribution in [2.75, 3.05) is 39.6 Å². The molecule has 0 saturated carbocycles. The Morgan fingerprint density at radius 3 is 0.821 bits per heavy atom. The monoisotopic (exact) mass is 1530 g/mol. The molecule has 0 spiro atoms. The first-order valence-corrected chi connectivity index (χ1v) is 44.1. The fourth-order valence-electron chi connectivity index (χ4n) is 10.6. The van der Waals surface area contributed by atoms with Crippen LogP contribution >= 0.6 is 15.6 Å². The number of phosphoric ester groups is 2. The third kappa shape index (κ3) is 77.1. The van der Waals surface area contributed by atoms with Gasteiger partial charge in [-0.05, 0) is 141 Å². The molecule has 0 heterocycles. The van der Waals surface area contributed by atoms with Gasteiger partial charge >= 0.3 is 39.5 Å². The van der Waals surface area contributed by atoms with E-state index < -0.39 is 97.5 Å². The Bertz CT molecular complexity index is 2580. The number of ether oxygens (including phenoxy) is 4. The van der Waals surface area contributed by atoms with Crippen LogP contribution in [-0.4, -0.2) is 96.7 Å². The highest BCUT2D eigenvalue weighted by atomic mass is 31.2. The van der Waals surface area contributed by atoms with E-state index in [0.717, 1.165) is 154 Å². The van der Waals surface area contributed by atoms with E-state index in [0.29, 0.717) is 32.1 Å². The third-order valence-electron chi connectivity index (χ3n) is 16.8. The van der Waals surface area contributed by atoms with Gasteiger partial charge in [0.05, 0.1) is 26.4 Å². The molecule has 0 aromatic heterocycles. The van der Waals surface area contributed by atoms with E-state index in [1.807, 2.05) is 12.2 Å². The van der Waals surface area contributed by atoms with Gasteiger partial charge in [0.15, 0.2) is 12.2 Å². The lowest BCUT2D eigenvalue weighted by molar-refractivity contribution is -0.161.